The molecule has 1 aromatic rings. The smallest absolute Gasteiger partial charge is 0.409 e. The van der Waals surface area contributed by atoms with Gasteiger partial charge >= 0.3 is 12.1 Å². The summed E-state index contributed by atoms with van der Waals surface area (Å²) in [5, 5.41) is 14.4. The minimum Gasteiger partial charge on any atom is -0.495 e. The highest BCUT2D eigenvalue weighted by molar-refractivity contribution is 14.0. The maximum absolute atomic E-state index is 14.0. The lowest BCUT2D eigenvalue weighted by atomic mass is 9.83. The van der Waals surface area contributed by atoms with E-state index in [0.717, 1.165) is 11.1 Å². The van der Waals surface area contributed by atoms with Gasteiger partial charge in [-0.05, 0) is 58.2 Å². The SMILES string of the molecule is CC=CCCCC.CCC(=O)N(C)[C@@H](C)C(=O)O[C@H]1CC(=O)N(C)c2cc(cc(OC)c2Cl)C/C(C)=C/C=C/[C@@H](OC)[C@@]2(O)C[C@H](OC(=O)N2)[C@@H](C)[C@@H]2O[C@@]12C.I.P.PP. The molecule has 3 unspecified atom stereocenters. The third-order valence-electron chi connectivity index (χ3n) is 10.8. The molecule has 2 saturated heterocycles. The van der Waals surface area contributed by atoms with Crippen LogP contribution in [-0.2, 0) is 39.8 Å². The molecule has 0 aliphatic carbocycles. The molecule has 3 aliphatic rings. The predicted molar refractivity (Wildman–Crippen MR) is 262 cm³/mol. The van der Waals surface area contributed by atoms with Crippen LogP contribution >= 0.6 is 63.3 Å². The van der Waals surface area contributed by atoms with Gasteiger partial charge in [0.25, 0.3) is 0 Å². The normalized spacial score (nSPS) is 28.1. The number of likely N-dealkylation sites (N-methyl/N-ethyl adjacent to an activating group) is 1. The molecule has 0 radical (unpaired) electrons. The second-order valence-corrected chi connectivity index (χ2v) is 15.3. The van der Waals surface area contributed by atoms with E-state index >= 15 is 0 Å². The van der Waals surface area contributed by atoms with Gasteiger partial charge in [0.1, 0.15) is 40.7 Å². The van der Waals surface area contributed by atoms with E-state index in [0.29, 0.717) is 17.9 Å². The molecule has 11 atom stereocenters. The van der Waals surface area contributed by atoms with Crippen LogP contribution in [0.5, 0.6) is 5.75 Å². The summed E-state index contributed by atoms with van der Waals surface area (Å²) in [6, 6.07) is 2.64. The zero-order valence-corrected chi connectivity index (χ0v) is 43.9. The number of alkyl carbamates (subject to hydrolysis) is 1. The summed E-state index contributed by atoms with van der Waals surface area (Å²) >= 11 is 6.72. The maximum atomic E-state index is 14.0. The van der Waals surface area contributed by atoms with E-state index < -0.39 is 65.7 Å². The first-order chi connectivity index (χ1) is 27.4. The molecule has 18 heteroatoms. The molecule has 13 nitrogen and oxygen atoms in total. The van der Waals surface area contributed by atoms with Crippen LogP contribution in [0, 0.1) is 5.92 Å². The minimum atomic E-state index is -1.82. The largest absolute Gasteiger partial charge is 0.495 e. The van der Waals surface area contributed by atoms with Gasteiger partial charge in [-0.15, -0.1) is 41.8 Å². The number of hydrogen-bond donors (Lipinski definition) is 2. The van der Waals surface area contributed by atoms with Crippen molar-refractivity contribution in [2.75, 3.05) is 33.2 Å². The minimum absolute atomic E-state index is 0. The Labute approximate surface area is 387 Å². The number of aliphatic hydroxyl groups is 1. The summed E-state index contributed by atoms with van der Waals surface area (Å²) in [5.41, 5.74) is -0.870. The first-order valence-electron chi connectivity index (χ1n) is 19.7. The number of nitrogens with one attached hydrogen (secondary N) is 1. The summed E-state index contributed by atoms with van der Waals surface area (Å²) in [6.45, 7) is 13.0. The number of hydrogen-bond acceptors (Lipinski definition) is 10. The summed E-state index contributed by atoms with van der Waals surface area (Å²) < 4.78 is 29.0. The molecule has 60 heavy (non-hydrogen) atoms. The van der Waals surface area contributed by atoms with Crippen molar-refractivity contribution >= 4 is 92.9 Å². The molecule has 2 N–H and O–H groups in total. The molecule has 4 rings (SSSR count). The molecule has 3 heterocycles. The van der Waals surface area contributed by atoms with E-state index in [-0.39, 0.29) is 64.1 Å². The van der Waals surface area contributed by atoms with Crippen molar-refractivity contribution in [1.29, 1.82) is 0 Å². The van der Waals surface area contributed by atoms with E-state index in [1.165, 1.54) is 50.3 Å². The van der Waals surface area contributed by atoms with Crippen LogP contribution in [0.25, 0.3) is 0 Å². The number of epoxide rings is 1. The molecule has 0 spiro atoms. The van der Waals surface area contributed by atoms with Crippen LogP contribution in [0.3, 0.4) is 0 Å². The highest BCUT2D eigenvalue weighted by atomic mass is 127. The van der Waals surface area contributed by atoms with Crippen LogP contribution in [0.15, 0.2) is 48.1 Å². The average Bonchev–Trinajstić information content (AvgIpc) is 3.90. The van der Waals surface area contributed by atoms with Gasteiger partial charge in [0.05, 0.1) is 25.3 Å². The van der Waals surface area contributed by atoms with Crippen LogP contribution in [0.2, 0.25) is 5.02 Å². The van der Waals surface area contributed by atoms with Gasteiger partial charge in [0.2, 0.25) is 11.8 Å². The Balaban J connectivity index is 0.00000287. The fourth-order valence-electron chi connectivity index (χ4n) is 6.96. The van der Waals surface area contributed by atoms with Gasteiger partial charge in [-0.2, -0.15) is 9.90 Å². The number of unbranched alkanes of at least 4 members (excludes halogenated alkanes) is 2. The first-order valence-corrected chi connectivity index (χ1v) is 22.7. The number of carbonyl (C=O) groups excluding carboxylic acids is 4. The van der Waals surface area contributed by atoms with Crippen molar-refractivity contribution in [1.82, 2.24) is 10.2 Å². The Bertz CT molecular complexity index is 1670. The van der Waals surface area contributed by atoms with Gasteiger partial charge in [-0.25, -0.2) is 9.59 Å². The van der Waals surface area contributed by atoms with Crippen molar-refractivity contribution in [3.63, 3.8) is 0 Å². The number of halogens is 2. The number of fused-ring (bicyclic) bond motifs is 5. The Morgan fingerprint density at radius 1 is 1.22 bits per heavy atom. The van der Waals surface area contributed by atoms with Gasteiger partial charge in [0, 0.05) is 40.0 Å². The summed E-state index contributed by atoms with van der Waals surface area (Å²) in [7, 11) is 10.7. The number of benzene rings is 1. The van der Waals surface area contributed by atoms with Gasteiger partial charge in [-0.1, -0.05) is 81.2 Å². The third-order valence-corrected chi connectivity index (χ3v) is 11.2. The monoisotopic (exact) mass is 1030 g/mol. The molecule has 1 aromatic carbocycles. The second kappa shape index (κ2) is 27.3. The molecule has 4 bridgehead atoms. The van der Waals surface area contributed by atoms with Crippen LogP contribution < -0.4 is 15.0 Å². The van der Waals surface area contributed by atoms with E-state index in [2.05, 4.69) is 49.2 Å². The number of amides is 3. The Morgan fingerprint density at radius 2 is 1.87 bits per heavy atom. The summed E-state index contributed by atoms with van der Waals surface area (Å²) in [6.07, 6.45) is 9.44. The number of esters is 1. The van der Waals surface area contributed by atoms with Crippen molar-refractivity contribution in [3.8, 4) is 5.75 Å². The van der Waals surface area contributed by atoms with Crippen LogP contribution in [0.1, 0.15) is 92.6 Å². The van der Waals surface area contributed by atoms with Gasteiger partial charge in [0.15, 0.2) is 5.72 Å². The molecule has 0 saturated carbocycles. The quantitative estimate of drug-likeness (QED) is 0.0621. The highest BCUT2D eigenvalue weighted by Crippen LogP contribution is 2.49. The number of ether oxygens (including phenoxy) is 5. The van der Waals surface area contributed by atoms with Crippen molar-refractivity contribution in [3.05, 3.63) is 58.7 Å². The lowest BCUT2D eigenvalue weighted by molar-refractivity contribution is -0.162. The lowest BCUT2D eigenvalue weighted by Gasteiger charge is -2.42. The van der Waals surface area contributed by atoms with E-state index in [4.69, 9.17) is 35.3 Å². The van der Waals surface area contributed by atoms with E-state index in [1.807, 2.05) is 13.0 Å². The van der Waals surface area contributed by atoms with E-state index in [1.54, 1.807) is 59.0 Å². The standard InChI is InChI=1S/C35H48ClN3O10.C7H14.HI.H4P2.H3P/c1-10-28(40)38(6)21(4)32(42)48-27-17-29(41)39(7)23-15-22(16-24(45-8)30(23)36)14-19(2)12-11-13-26(46-9)35(44)18-25(47-33(43)37-35)20(3)31-34(27,5)49-31;1-3-5-7-6-4-2;;1-2;/h11-13,15-16,20-21,25-27,31,44H,10,14,17-18H2,1-9H3,(H,37,43);3,5H,4,6-7H2,1-2H3;1H;1-2H2;1H3/b13-11+,19-12+;;;;/t20-,21+,25+,26-,27+,31+,34+,35+;;;;/m1..../s1. The number of nitrogens with zero attached hydrogens (tertiary/aromatic N) is 2. The Kier molecular flexibility index (Phi) is 26.5. The van der Waals surface area contributed by atoms with Crippen molar-refractivity contribution < 1.29 is 48.0 Å². The average molecular weight is 1030 g/mol. The van der Waals surface area contributed by atoms with Crippen molar-refractivity contribution in [2.24, 2.45) is 5.92 Å². The van der Waals surface area contributed by atoms with Gasteiger partial charge < -0.3 is 38.6 Å². The Morgan fingerprint density at radius 3 is 2.43 bits per heavy atom. The zero-order chi connectivity index (χ0) is 44.0. The topological polar surface area (TPSA) is 156 Å². The highest BCUT2D eigenvalue weighted by Gasteiger charge is 2.64. The number of carbonyl (C=O) groups is 4. The van der Waals surface area contributed by atoms with Crippen molar-refractivity contribution in [2.45, 2.75) is 135 Å². The molecule has 2 fully saturated rings. The number of methoxy groups -OCH3 is 2. The summed E-state index contributed by atoms with van der Waals surface area (Å²) in [4.78, 5) is 55.3. The van der Waals surface area contributed by atoms with E-state index in [9.17, 15) is 24.3 Å². The Hall–Kier alpha value is -1.89. The predicted octanol–water partition coefficient (Wildman–Crippen LogP) is 8.00. The first kappa shape index (κ1) is 58.1. The zero-order valence-electron chi connectivity index (χ0n) is 37.1. The number of rotatable bonds is 9. The maximum Gasteiger partial charge on any atom is 0.409 e. The molecule has 3 amide bonds. The van der Waals surface area contributed by atoms with Crippen LogP contribution in [0.4, 0.5) is 10.5 Å². The molecular weight excluding hydrogens is 962 g/mol. The number of allylic oxidation sites excluding steroid dienone is 5. The second-order valence-electron chi connectivity index (χ2n) is 15.0. The fraction of sp³-hybridized carbons (Fsp3) is 0.619. The van der Waals surface area contributed by atoms with Gasteiger partial charge in [-0.3, -0.25) is 14.9 Å². The molecular formula is C42H70ClIN3O10P3. The summed E-state index contributed by atoms with van der Waals surface area (Å²) in [5.74, 6) is -1.53. The molecule has 0 aromatic heterocycles. The molecule has 3 aliphatic heterocycles. The van der Waals surface area contributed by atoms with Crippen LogP contribution in [-0.4, -0.2) is 104 Å². The number of anilines is 1. The fourth-order valence-corrected chi connectivity index (χ4v) is 7.27. The lowest BCUT2D eigenvalue weighted by Crippen LogP contribution is -2.63. The third kappa shape index (κ3) is 15.4. The molecule has 342 valence electrons.